The number of hydrogen-bond acceptors (Lipinski definition) is 2. The summed E-state index contributed by atoms with van der Waals surface area (Å²) in [5.74, 6) is 0.930. The Hall–Kier alpha value is -0.470. The van der Waals surface area contributed by atoms with E-state index in [1.54, 1.807) is 0 Å². The van der Waals surface area contributed by atoms with Gasteiger partial charge in [0.2, 0.25) is 0 Å². The molecule has 0 saturated heterocycles. The molecule has 2 atom stereocenters. The molecule has 2 heteroatoms. The molecule has 1 aliphatic carbocycles. The van der Waals surface area contributed by atoms with Crippen LogP contribution in [0, 0.1) is 5.92 Å². The van der Waals surface area contributed by atoms with Crippen molar-refractivity contribution in [3.8, 4) is 0 Å². The van der Waals surface area contributed by atoms with Crippen LogP contribution in [0.5, 0.6) is 0 Å². The van der Waals surface area contributed by atoms with Crippen molar-refractivity contribution in [2.75, 3.05) is 6.54 Å². The predicted octanol–water partition coefficient (Wildman–Crippen LogP) is 5.25. The van der Waals surface area contributed by atoms with Gasteiger partial charge in [-0.15, -0.1) is 11.8 Å². The highest BCUT2D eigenvalue weighted by atomic mass is 32.2. The fraction of sp³-hybridized carbons (Fsp3) is 0.667. The topological polar surface area (TPSA) is 12.0 Å². The Morgan fingerprint density at radius 2 is 1.85 bits per heavy atom. The third-order valence-corrected chi connectivity index (χ3v) is 5.80. The highest BCUT2D eigenvalue weighted by Crippen LogP contribution is 2.38. The zero-order chi connectivity index (χ0) is 14.2. The second-order valence-corrected chi connectivity index (χ2v) is 7.24. The molecule has 0 radical (unpaired) electrons. The smallest absolute Gasteiger partial charge is 0.0205 e. The molecule has 0 bridgehead atoms. The van der Waals surface area contributed by atoms with E-state index in [0.29, 0.717) is 0 Å². The van der Waals surface area contributed by atoms with Gasteiger partial charge in [-0.2, -0.15) is 0 Å². The van der Waals surface area contributed by atoms with E-state index in [1.165, 1.54) is 49.0 Å². The average Bonchev–Trinajstić information content (AvgIpc) is 2.50. The zero-order valence-corrected chi connectivity index (χ0v) is 13.8. The van der Waals surface area contributed by atoms with Gasteiger partial charge in [-0.3, -0.25) is 0 Å². The molecule has 1 aromatic carbocycles. The van der Waals surface area contributed by atoms with Crippen LogP contribution >= 0.6 is 11.8 Å². The van der Waals surface area contributed by atoms with Crippen molar-refractivity contribution in [3.05, 3.63) is 29.8 Å². The van der Waals surface area contributed by atoms with E-state index in [2.05, 4.69) is 55.2 Å². The minimum Gasteiger partial charge on any atom is -0.313 e. The van der Waals surface area contributed by atoms with Crippen molar-refractivity contribution in [3.63, 3.8) is 0 Å². The SMILES string of the molecule is CCCNCc1ccc(SC2CCCCC2CC)cc1. The van der Waals surface area contributed by atoms with E-state index in [0.717, 1.165) is 24.3 Å². The van der Waals surface area contributed by atoms with Crippen molar-refractivity contribution in [2.24, 2.45) is 5.92 Å². The summed E-state index contributed by atoms with van der Waals surface area (Å²) in [7, 11) is 0. The van der Waals surface area contributed by atoms with Gasteiger partial charge in [-0.25, -0.2) is 0 Å². The maximum atomic E-state index is 3.46. The first-order chi connectivity index (χ1) is 9.83. The second kappa shape index (κ2) is 8.74. The first-order valence-corrected chi connectivity index (χ1v) is 9.17. The molecule has 2 rings (SSSR count). The largest absolute Gasteiger partial charge is 0.313 e. The summed E-state index contributed by atoms with van der Waals surface area (Å²) >= 11 is 2.11. The summed E-state index contributed by atoms with van der Waals surface area (Å²) in [6.07, 6.45) is 8.26. The Kier molecular flexibility index (Phi) is 6.95. The average molecular weight is 292 g/mol. The maximum absolute atomic E-state index is 3.46. The molecular formula is C18H29NS. The summed E-state index contributed by atoms with van der Waals surface area (Å²) < 4.78 is 0. The summed E-state index contributed by atoms with van der Waals surface area (Å²) in [6.45, 7) is 6.67. The fourth-order valence-corrected chi connectivity index (χ4v) is 4.51. The molecule has 20 heavy (non-hydrogen) atoms. The molecule has 1 nitrogen and oxygen atoms in total. The fourth-order valence-electron chi connectivity index (χ4n) is 3.07. The lowest BCUT2D eigenvalue weighted by molar-refractivity contribution is 0.361. The van der Waals surface area contributed by atoms with E-state index in [-0.39, 0.29) is 0 Å². The summed E-state index contributed by atoms with van der Waals surface area (Å²) in [5, 5.41) is 4.31. The van der Waals surface area contributed by atoms with Crippen molar-refractivity contribution in [2.45, 2.75) is 69.1 Å². The third kappa shape index (κ3) is 4.82. The molecule has 0 heterocycles. The molecule has 112 valence electrons. The van der Waals surface area contributed by atoms with Crippen LogP contribution in [0.3, 0.4) is 0 Å². The normalized spacial score (nSPS) is 22.9. The van der Waals surface area contributed by atoms with Gasteiger partial charge in [0.1, 0.15) is 0 Å². The molecule has 0 aromatic heterocycles. The summed E-state index contributed by atoms with van der Waals surface area (Å²) in [6, 6.07) is 9.20. The Bertz CT molecular complexity index is 374. The zero-order valence-electron chi connectivity index (χ0n) is 13.0. The molecule has 0 spiro atoms. The molecule has 1 N–H and O–H groups in total. The Morgan fingerprint density at radius 3 is 2.55 bits per heavy atom. The molecule has 0 amide bonds. The number of hydrogen-bond donors (Lipinski definition) is 1. The number of thioether (sulfide) groups is 1. The quantitative estimate of drug-likeness (QED) is 0.689. The lowest BCUT2D eigenvalue weighted by Crippen LogP contribution is -2.21. The minimum atomic E-state index is 0.845. The Balaban J connectivity index is 1.86. The second-order valence-electron chi connectivity index (χ2n) is 5.93. The van der Waals surface area contributed by atoms with Crippen molar-refractivity contribution in [1.29, 1.82) is 0 Å². The van der Waals surface area contributed by atoms with E-state index in [1.807, 2.05) is 0 Å². The van der Waals surface area contributed by atoms with Crippen molar-refractivity contribution >= 4 is 11.8 Å². The van der Waals surface area contributed by atoms with E-state index in [9.17, 15) is 0 Å². The van der Waals surface area contributed by atoms with Crippen LogP contribution in [0.1, 0.15) is 57.9 Å². The minimum absolute atomic E-state index is 0.845. The van der Waals surface area contributed by atoms with Crippen LogP contribution in [-0.2, 0) is 6.54 Å². The Morgan fingerprint density at radius 1 is 1.10 bits per heavy atom. The summed E-state index contributed by atoms with van der Waals surface area (Å²) in [5.41, 5.74) is 1.40. The Labute approximate surface area is 128 Å². The van der Waals surface area contributed by atoms with Gasteiger partial charge in [0.05, 0.1) is 0 Å². The van der Waals surface area contributed by atoms with Crippen molar-refractivity contribution < 1.29 is 0 Å². The lowest BCUT2D eigenvalue weighted by atomic mass is 9.87. The lowest BCUT2D eigenvalue weighted by Gasteiger charge is -2.30. The van der Waals surface area contributed by atoms with Gasteiger partial charge in [0.15, 0.2) is 0 Å². The van der Waals surface area contributed by atoms with E-state index < -0.39 is 0 Å². The van der Waals surface area contributed by atoms with Gasteiger partial charge in [-0.05, 0) is 49.4 Å². The van der Waals surface area contributed by atoms with Gasteiger partial charge in [-0.1, -0.05) is 45.2 Å². The molecule has 2 unspecified atom stereocenters. The van der Waals surface area contributed by atoms with Crippen LogP contribution in [0.25, 0.3) is 0 Å². The van der Waals surface area contributed by atoms with E-state index >= 15 is 0 Å². The first kappa shape index (κ1) is 15.9. The highest BCUT2D eigenvalue weighted by molar-refractivity contribution is 8.00. The first-order valence-electron chi connectivity index (χ1n) is 8.29. The third-order valence-electron chi connectivity index (χ3n) is 4.33. The van der Waals surface area contributed by atoms with Gasteiger partial charge >= 0.3 is 0 Å². The molecular weight excluding hydrogens is 262 g/mol. The standard InChI is InChI=1S/C18H29NS/c1-3-13-19-14-15-9-11-17(12-10-15)20-18-8-6-5-7-16(18)4-2/h9-12,16,18-19H,3-8,13-14H2,1-2H3. The molecule has 1 fully saturated rings. The number of rotatable bonds is 7. The monoisotopic (exact) mass is 291 g/mol. The van der Waals surface area contributed by atoms with Crippen LogP contribution in [0.2, 0.25) is 0 Å². The van der Waals surface area contributed by atoms with Gasteiger partial charge < -0.3 is 5.32 Å². The van der Waals surface area contributed by atoms with Crippen LogP contribution < -0.4 is 5.32 Å². The molecule has 1 aromatic rings. The maximum Gasteiger partial charge on any atom is 0.0205 e. The van der Waals surface area contributed by atoms with Crippen LogP contribution in [-0.4, -0.2) is 11.8 Å². The van der Waals surface area contributed by atoms with Gasteiger partial charge in [0, 0.05) is 16.7 Å². The number of nitrogens with one attached hydrogen (secondary N) is 1. The van der Waals surface area contributed by atoms with Crippen LogP contribution in [0.4, 0.5) is 0 Å². The van der Waals surface area contributed by atoms with Gasteiger partial charge in [0.25, 0.3) is 0 Å². The molecule has 0 aliphatic heterocycles. The predicted molar refractivity (Wildman–Crippen MR) is 90.3 cm³/mol. The van der Waals surface area contributed by atoms with E-state index in [4.69, 9.17) is 0 Å². The summed E-state index contributed by atoms with van der Waals surface area (Å²) in [4.78, 5) is 1.45. The molecule has 1 aliphatic rings. The highest BCUT2D eigenvalue weighted by Gasteiger charge is 2.24. The van der Waals surface area contributed by atoms with Crippen molar-refractivity contribution in [1.82, 2.24) is 5.32 Å². The molecule has 1 saturated carbocycles. The number of benzene rings is 1. The van der Waals surface area contributed by atoms with Crippen LogP contribution in [0.15, 0.2) is 29.2 Å².